The SMILES string of the molecule is O=C(NC(CO)C(=O)O)C1CCNCC1. The van der Waals surface area contributed by atoms with Crippen molar-refractivity contribution in [3.8, 4) is 0 Å². The summed E-state index contributed by atoms with van der Waals surface area (Å²) >= 11 is 0. The van der Waals surface area contributed by atoms with Crippen molar-refractivity contribution in [1.29, 1.82) is 0 Å². The molecule has 1 fully saturated rings. The predicted molar refractivity (Wildman–Crippen MR) is 52.2 cm³/mol. The quantitative estimate of drug-likeness (QED) is 0.461. The monoisotopic (exact) mass is 216 g/mol. The number of hydrogen-bond donors (Lipinski definition) is 4. The Hall–Kier alpha value is -1.14. The third-order valence-corrected chi connectivity index (χ3v) is 2.51. The van der Waals surface area contributed by atoms with E-state index in [1.54, 1.807) is 0 Å². The first-order chi connectivity index (χ1) is 7.15. The van der Waals surface area contributed by atoms with Gasteiger partial charge in [0.05, 0.1) is 6.61 Å². The van der Waals surface area contributed by atoms with Crippen LogP contribution in [0.4, 0.5) is 0 Å². The molecular formula is C9H16N2O4. The summed E-state index contributed by atoms with van der Waals surface area (Å²) in [7, 11) is 0. The van der Waals surface area contributed by atoms with Crippen LogP contribution in [0.15, 0.2) is 0 Å². The van der Waals surface area contributed by atoms with E-state index in [4.69, 9.17) is 10.2 Å². The van der Waals surface area contributed by atoms with Crippen LogP contribution < -0.4 is 10.6 Å². The molecule has 0 aromatic rings. The number of aliphatic carboxylic acids is 1. The van der Waals surface area contributed by atoms with Crippen LogP contribution in [-0.2, 0) is 9.59 Å². The molecule has 0 radical (unpaired) electrons. The van der Waals surface area contributed by atoms with Gasteiger partial charge in [0.25, 0.3) is 0 Å². The average Bonchev–Trinajstić information content (AvgIpc) is 2.26. The second-order valence-electron chi connectivity index (χ2n) is 3.61. The number of nitrogens with one attached hydrogen (secondary N) is 2. The zero-order chi connectivity index (χ0) is 11.3. The van der Waals surface area contributed by atoms with Crippen LogP contribution in [0.2, 0.25) is 0 Å². The fraction of sp³-hybridized carbons (Fsp3) is 0.778. The number of aliphatic hydroxyl groups excluding tert-OH is 1. The lowest BCUT2D eigenvalue weighted by Crippen LogP contribution is -2.47. The molecule has 1 atom stereocenters. The lowest BCUT2D eigenvalue weighted by molar-refractivity contribution is -0.143. The van der Waals surface area contributed by atoms with Gasteiger partial charge in [-0.1, -0.05) is 0 Å². The summed E-state index contributed by atoms with van der Waals surface area (Å²) in [5.41, 5.74) is 0. The minimum Gasteiger partial charge on any atom is -0.480 e. The summed E-state index contributed by atoms with van der Waals surface area (Å²) < 4.78 is 0. The van der Waals surface area contributed by atoms with Crippen LogP contribution in [0.25, 0.3) is 0 Å². The van der Waals surface area contributed by atoms with Crippen molar-refractivity contribution >= 4 is 11.9 Å². The Kier molecular flexibility index (Phi) is 4.51. The summed E-state index contributed by atoms with van der Waals surface area (Å²) in [6.45, 7) is 0.968. The highest BCUT2D eigenvalue weighted by Gasteiger charge is 2.25. The van der Waals surface area contributed by atoms with Crippen LogP contribution in [-0.4, -0.2) is 47.8 Å². The van der Waals surface area contributed by atoms with Crippen molar-refractivity contribution in [2.75, 3.05) is 19.7 Å². The molecule has 0 aliphatic carbocycles. The van der Waals surface area contributed by atoms with Gasteiger partial charge in [-0.3, -0.25) is 4.79 Å². The Morgan fingerprint density at radius 2 is 2.00 bits per heavy atom. The van der Waals surface area contributed by atoms with Gasteiger partial charge in [-0.25, -0.2) is 4.79 Å². The highest BCUT2D eigenvalue weighted by molar-refractivity contribution is 5.85. The van der Waals surface area contributed by atoms with Gasteiger partial charge in [-0.05, 0) is 25.9 Å². The highest BCUT2D eigenvalue weighted by Crippen LogP contribution is 2.11. The van der Waals surface area contributed by atoms with Crippen molar-refractivity contribution in [2.45, 2.75) is 18.9 Å². The molecule has 0 spiro atoms. The highest BCUT2D eigenvalue weighted by atomic mass is 16.4. The van der Waals surface area contributed by atoms with Gasteiger partial charge in [0.15, 0.2) is 0 Å². The van der Waals surface area contributed by atoms with E-state index >= 15 is 0 Å². The summed E-state index contributed by atoms with van der Waals surface area (Å²) in [6, 6.07) is -1.19. The Morgan fingerprint density at radius 3 is 2.47 bits per heavy atom. The zero-order valence-electron chi connectivity index (χ0n) is 8.40. The van der Waals surface area contributed by atoms with Gasteiger partial charge < -0.3 is 20.8 Å². The first-order valence-corrected chi connectivity index (χ1v) is 5.00. The molecule has 1 aliphatic rings. The Labute approximate surface area is 87.7 Å². The summed E-state index contributed by atoms with van der Waals surface area (Å²) in [4.78, 5) is 22.1. The summed E-state index contributed by atoms with van der Waals surface area (Å²) in [5, 5.41) is 22.8. The van der Waals surface area contributed by atoms with Crippen molar-refractivity contribution < 1.29 is 19.8 Å². The molecular weight excluding hydrogens is 200 g/mol. The zero-order valence-corrected chi connectivity index (χ0v) is 8.40. The first-order valence-electron chi connectivity index (χ1n) is 5.00. The number of carbonyl (C=O) groups excluding carboxylic acids is 1. The maximum absolute atomic E-state index is 11.6. The number of rotatable bonds is 4. The molecule has 0 aromatic carbocycles. The van der Waals surface area contributed by atoms with Gasteiger partial charge in [0.2, 0.25) is 5.91 Å². The molecule has 6 nitrogen and oxygen atoms in total. The third kappa shape index (κ3) is 3.49. The Balaban J connectivity index is 2.42. The van der Waals surface area contributed by atoms with E-state index in [1.165, 1.54) is 0 Å². The van der Waals surface area contributed by atoms with Gasteiger partial charge in [-0.2, -0.15) is 0 Å². The molecule has 86 valence electrons. The van der Waals surface area contributed by atoms with Crippen LogP contribution in [0.5, 0.6) is 0 Å². The molecule has 6 heteroatoms. The number of carboxylic acids is 1. The lowest BCUT2D eigenvalue weighted by Gasteiger charge is -2.23. The number of aliphatic hydroxyl groups is 1. The molecule has 1 heterocycles. The van der Waals surface area contributed by atoms with Crippen LogP contribution >= 0.6 is 0 Å². The fourth-order valence-electron chi connectivity index (χ4n) is 1.56. The number of carboxylic acid groups (broad SMARTS) is 1. The molecule has 0 aromatic heterocycles. The standard InChI is InChI=1S/C9H16N2O4/c12-5-7(9(14)15)11-8(13)6-1-3-10-4-2-6/h6-7,10,12H,1-5H2,(H,11,13)(H,14,15). The number of carbonyl (C=O) groups is 2. The Bertz CT molecular complexity index is 238. The van der Waals surface area contributed by atoms with Crippen LogP contribution in [0, 0.1) is 5.92 Å². The molecule has 1 amide bonds. The van der Waals surface area contributed by atoms with E-state index in [1.807, 2.05) is 0 Å². The van der Waals surface area contributed by atoms with Crippen molar-refractivity contribution in [2.24, 2.45) is 5.92 Å². The van der Waals surface area contributed by atoms with Gasteiger partial charge in [-0.15, -0.1) is 0 Å². The lowest BCUT2D eigenvalue weighted by atomic mass is 9.97. The molecule has 1 aliphatic heterocycles. The topological polar surface area (TPSA) is 98.7 Å². The number of piperidine rings is 1. The van der Waals surface area contributed by atoms with E-state index in [2.05, 4.69) is 10.6 Å². The normalized spacial score (nSPS) is 19.5. The largest absolute Gasteiger partial charge is 0.480 e. The Morgan fingerprint density at radius 1 is 1.40 bits per heavy atom. The summed E-state index contributed by atoms with van der Waals surface area (Å²) in [6.07, 6.45) is 1.42. The molecule has 4 N–H and O–H groups in total. The van der Waals surface area contributed by atoms with E-state index in [0.717, 1.165) is 13.1 Å². The maximum atomic E-state index is 11.6. The molecule has 0 saturated carbocycles. The minimum atomic E-state index is -1.21. The van der Waals surface area contributed by atoms with Crippen molar-refractivity contribution in [1.82, 2.24) is 10.6 Å². The number of hydrogen-bond acceptors (Lipinski definition) is 4. The van der Waals surface area contributed by atoms with Crippen LogP contribution in [0.3, 0.4) is 0 Å². The fourth-order valence-corrected chi connectivity index (χ4v) is 1.56. The van der Waals surface area contributed by atoms with Gasteiger partial charge in [0.1, 0.15) is 6.04 Å². The molecule has 0 bridgehead atoms. The second kappa shape index (κ2) is 5.67. The van der Waals surface area contributed by atoms with Crippen molar-refractivity contribution in [3.05, 3.63) is 0 Å². The maximum Gasteiger partial charge on any atom is 0.328 e. The van der Waals surface area contributed by atoms with E-state index in [-0.39, 0.29) is 11.8 Å². The van der Waals surface area contributed by atoms with E-state index < -0.39 is 18.6 Å². The molecule has 15 heavy (non-hydrogen) atoms. The van der Waals surface area contributed by atoms with E-state index in [9.17, 15) is 9.59 Å². The molecule has 1 unspecified atom stereocenters. The molecule has 1 rings (SSSR count). The predicted octanol–water partition coefficient (Wildman–Crippen LogP) is -1.45. The average molecular weight is 216 g/mol. The number of amides is 1. The van der Waals surface area contributed by atoms with Gasteiger partial charge in [0, 0.05) is 5.92 Å². The van der Waals surface area contributed by atoms with Crippen molar-refractivity contribution in [3.63, 3.8) is 0 Å². The smallest absolute Gasteiger partial charge is 0.328 e. The second-order valence-corrected chi connectivity index (χ2v) is 3.61. The van der Waals surface area contributed by atoms with Crippen LogP contribution in [0.1, 0.15) is 12.8 Å². The molecule has 1 saturated heterocycles. The first kappa shape index (κ1) is 11.9. The third-order valence-electron chi connectivity index (χ3n) is 2.51. The van der Waals surface area contributed by atoms with Gasteiger partial charge >= 0.3 is 5.97 Å². The minimum absolute atomic E-state index is 0.139. The summed E-state index contributed by atoms with van der Waals surface area (Å²) in [5.74, 6) is -1.63. The van der Waals surface area contributed by atoms with E-state index in [0.29, 0.717) is 12.8 Å².